The van der Waals surface area contributed by atoms with Crippen molar-refractivity contribution in [2.24, 2.45) is 7.05 Å². The zero-order valence-corrected chi connectivity index (χ0v) is 15.0. The van der Waals surface area contributed by atoms with Crippen molar-refractivity contribution in [1.29, 1.82) is 0 Å². The predicted octanol–water partition coefficient (Wildman–Crippen LogP) is 4.33. The smallest absolute Gasteiger partial charge is 0.0722 e. The third kappa shape index (κ3) is 3.95. The fraction of sp³-hybridized carbons (Fsp3) is 0.471. The van der Waals surface area contributed by atoms with Gasteiger partial charge < -0.3 is 5.32 Å². The Balaban J connectivity index is 2.12. The topological polar surface area (TPSA) is 29.9 Å². The molecule has 0 aliphatic rings. The van der Waals surface area contributed by atoms with E-state index in [4.69, 9.17) is 0 Å². The number of nitrogens with zero attached hydrogens (tertiary/aromatic N) is 2. The average Bonchev–Trinajstić information content (AvgIpc) is 2.78. The van der Waals surface area contributed by atoms with E-state index < -0.39 is 0 Å². The van der Waals surface area contributed by atoms with Crippen LogP contribution < -0.4 is 5.32 Å². The van der Waals surface area contributed by atoms with Gasteiger partial charge in [-0.3, -0.25) is 4.68 Å². The summed E-state index contributed by atoms with van der Waals surface area (Å²) in [5.41, 5.74) is 3.77. The molecule has 1 aromatic carbocycles. The minimum absolute atomic E-state index is 0.0643. The van der Waals surface area contributed by atoms with E-state index in [0.717, 1.165) is 16.7 Å². The first-order chi connectivity index (χ1) is 9.79. The first kappa shape index (κ1) is 16.2. The van der Waals surface area contributed by atoms with Crippen molar-refractivity contribution >= 4 is 15.9 Å². The van der Waals surface area contributed by atoms with E-state index in [1.165, 1.54) is 11.1 Å². The van der Waals surface area contributed by atoms with Gasteiger partial charge in [-0.1, -0.05) is 54.9 Å². The van der Waals surface area contributed by atoms with Crippen molar-refractivity contribution in [3.8, 4) is 0 Å². The van der Waals surface area contributed by atoms with E-state index in [0.29, 0.717) is 0 Å². The maximum atomic E-state index is 4.62. The molecule has 1 atom stereocenters. The maximum absolute atomic E-state index is 4.62. The van der Waals surface area contributed by atoms with E-state index in [1.807, 2.05) is 17.8 Å². The molecule has 114 valence electrons. The Morgan fingerprint density at radius 3 is 2.57 bits per heavy atom. The van der Waals surface area contributed by atoms with Crippen LogP contribution in [0.25, 0.3) is 0 Å². The lowest BCUT2D eigenvalue weighted by molar-refractivity contribution is 0.531. The van der Waals surface area contributed by atoms with Gasteiger partial charge in [0.15, 0.2) is 0 Å². The molecule has 1 heterocycles. The van der Waals surface area contributed by atoms with E-state index in [2.05, 4.69) is 78.4 Å². The van der Waals surface area contributed by atoms with Gasteiger partial charge in [0.2, 0.25) is 0 Å². The quantitative estimate of drug-likeness (QED) is 0.889. The standard InChI is InChI=1S/C17H24BrN3/c1-12(14-8-6-7-9-15(14)18)19-10-13-11-21(5)20-16(13)17(2,3)4/h6-9,11-12,19H,10H2,1-5H3. The number of benzene rings is 1. The lowest BCUT2D eigenvalue weighted by Crippen LogP contribution is -2.21. The van der Waals surface area contributed by atoms with Crippen LogP contribution in [0.15, 0.2) is 34.9 Å². The Hall–Kier alpha value is -1.13. The fourth-order valence-electron chi connectivity index (χ4n) is 2.50. The van der Waals surface area contributed by atoms with Gasteiger partial charge in [0, 0.05) is 41.3 Å². The molecule has 0 fully saturated rings. The first-order valence-corrected chi connectivity index (χ1v) is 8.09. The minimum Gasteiger partial charge on any atom is -0.306 e. The maximum Gasteiger partial charge on any atom is 0.0722 e. The Morgan fingerprint density at radius 1 is 1.29 bits per heavy atom. The number of rotatable bonds is 4. The fourth-order valence-corrected chi connectivity index (χ4v) is 3.13. The molecule has 3 nitrogen and oxygen atoms in total. The summed E-state index contributed by atoms with van der Waals surface area (Å²) < 4.78 is 3.05. The Morgan fingerprint density at radius 2 is 1.95 bits per heavy atom. The monoisotopic (exact) mass is 349 g/mol. The Kier molecular flexibility index (Phi) is 4.89. The molecule has 0 bridgehead atoms. The lowest BCUT2D eigenvalue weighted by Gasteiger charge is -2.20. The SMILES string of the molecule is CC(NCc1cn(C)nc1C(C)(C)C)c1ccccc1Br. The second-order valence-corrected chi connectivity index (χ2v) is 7.41. The van der Waals surface area contributed by atoms with Crippen LogP contribution in [0.4, 0.5) is 0 Å². The molecule has 0 spiro atoms. The van der Waals surface area contributed by atoms with Crippen molar-refractivity contribution in [1.82, 2.24) is 15.1 Å². The van der Waals surface area contributed by atoms with Crippen LogP contribution in [-0.2, 0) is 19.0 Å². The molecule has 2 rings (SSSR count). The van der Waals surface area contributed by atoms with E-state index in [-0.39, 0.29) is 11.5 Å². The summed E-state index contributed by atoms with van der Waals surface area (Å²) in [7, 11) is 1.98. The molecular formula is C17H24BrN3. The molecule has 0 amide bonds. The van der Waals surface area contributed by atoms with Gasteiger partial charge in [-0.05, 0) is 18.6 Å². The molecule has 0 aliphatic carbocycles. The summed E-state index contributed by atoms with van der Waals surface area (Å²) in [6.07, 6.45) is 2.11. The summed E-state index contributed by atoms with van der Waals surface area (Å²) >= 11 is 3.62. The summed E-state index contributed by atoms with van der Waals surface area (Å²) in [4.78, 5) is 0. The van der Waals surface area contributed by atoms with E-state index in [9.17, 15) is 0 Å². The van der Waals surface area contributed by atoms with Gasteiger partial charge >= 0.3 is 0 Å². The highest BCUT2D eigenvalue weighted by Gasteiger charge is 2.22. The molecule has 1 aromatic heterocycles. The van der Waals surface area contributed by atoms with Gasteiger partial charge in [-0.2, -0.15) is 5.10 Å². The summed E-state index contributed by atoms with van der Waals surface area (Å²) in [6, 6.07) is 8.63. The summed E-state index contributed by atoms with van der Waals surface area (Å²) in [5, 5.41) is 8.22. The van der Waals surface area contributed by atoms with Gasteiger partial charge in [0.25, 0.3) is 0 Å². The number of hydrogen-bond donors (Lipinski definition) is 1. The molecule has 1 N–H and O–H groups in total. The van der Waals surface area contributed by atoms with Gasteiger partial charge in [0.05, 0.1) is 5.69 Å². The highest BCUT2D eigenvalue weighted by atomic mass is 79.9. The zero-order valence-electron chi connectivity index (χ0n) is 13.4. The van der Waals surface area contributed by atoms with Gasteiger partial charge in [-0.15, -0.1) is 0 Å². The molecule has 0 radical (unpaired) electrons. The molecule has 2 aromatic rings. The predicted molar refractivity (Wildman–Crippen MR) is 91.3 cm³/mol. The minimum atomic E-state index is 0.0643. The Bertz CT molecular complexity index is 611. The second kappa shape index (κ2) is 6.32. The number of aryl methyl sites for hydroxylation is 1. The van der Waals surface area contributed by atoms with Crippen molar-refractivity contribution in [3.63, 3.8) is 0 Å². The van der Waals surface area contributed by atoms with Crippen LogP contribution in [0.1, 0.15) is 50.6 Å². The van der Waals surface area contributed by atoms with Crippen molar-refractivity contribution in [3.05, 3.63) is 51.8 Å². The second-order valence-electron chi connectivity index (χ2n) is 6.55. The molecule has 4 heteroatoms. The average molecular weight is 350 g/mol. The lowest BCUT2D eigenvalue weighted by atomic mass is 9.89. The molecule has 0 saturated carbocycles. The third-order valence-corrected chi connectivity index (χ3v) is 4.31. The molecule has 0 aliphatic heterocycles. The zero-order chi connectivity index (χ0) is 15.6. The summed E-state index contributed by atoms with van der Waals surface area (Å²) in [6.45, 7) is 9.62. The van der Waals surface area contributed by atoms with Crippen LogP contribution in [0.5, 0.6) is 0 Å². The molecule has 21 heavy (non-hydrogen) atoms. The van der Waals surface area contributed by atoms with Crippen LogP contribution in [0.2, 0.25) is 0 Å². The van der Waals surface area contributed by atoms with E-state index >= 15 is 0 Å². The third-order valence-electron chi connectivity index (χ3n) is 3.59. The largest absolute Gasteiger partial charge is 0.306 e. The Labute approximate surface area is 135 Å². The molecule has 1 unspecified atom stereocenters. The summed E-state index contributed by atoms with van der Waals surface area (Å²) in [5.74, 6) is 0. The normalized spacial score (nSPS) is 13.4. The number of hydrogen-bond acceptors (Lipinski definition) is 2. The van der Waals surface area contributed by atoms with Crippen molar-refractivity contribution < 1.29 is 0 Å². The highest BCUT2D eigenvalue weighted by molar-refractivity contribution is 9.10. The molecular weight excluding hydrogens is 326 g/mol. The molecule has 0 saturated heterocycles. The number of nitrogens with one attached hydrogen (secondary N) is 1. The van der Waals surface area contributed by atoms with Crippen LogP contribution in [0, 0.1) is 0 Å². The van der Waals surface area contributed by atoms with E-state index in [1.54, 1.807) is 0 Å². The van der Waals surface area contributed by atoms with Gasteiger partial charge in [0.1, 0.15) is 0 Å². The van der Waals surface area contributed by atoms with Crippen LogP contribution >= 0.6 is 15.9 Å². The highest BCUT2D eigenvalue weighted by Crippen LogP contribution is 2.26. The van der Waals surface area contributed by atoms with Gasteiger partial charge in [-0.25, -0.2) is 0 Å². The number of halogens is 1. The first-order valence-electron chi connectivity index (χ1n) is 7.30. The van der Waals surface area contributed by atoms with Crippen LogP contribution in [0.3, 0.4) is 0 Å². The number of aromatic nitrogens is 2. The van der Waals surface area contributed by atoms with Crippen LogP contribution in [-0.4, -0.2) is 9.78 Å². The van der Waals surface area contributed by atoms with Crippen molar-refractivity contribution in [2.75, 3.05) is 0 Å². The van der Waals surface area contributed by atoms with Crippen molar-refractivity contribution in [2.45, 2.75) is 45.7 Å².